The maximum atomic E-state index is 13.2. The van der Waals surface area contributed by atoms with Crippen molar-refractivity contribution in [3.8, 4) is 5.75 Å². The van der Waals surface area contributed by atoms with Gasteiger partial charge in [-0.3, -0.25) is 23.7 Å². The highest BCUT2D eigenvalue weighted by molar-refractivity contribution is 7.84. The summed E-state index contributed by atoms with van der Waals surface area (Å²) < 4.78 is 34.1. The summed E-state index contributed by atoms with van der Waals surface area (Å²) >= 11 is 0.919. The number of aromatic hydroxyl groups is 1. The zero-order valence-corrected chi connectivity index (χ0v) is 26.4. The molecular weight excluding hydrogens is 682 g/mol. The number of β-lactam (4-membered cyclic amide) rings is 1. The normalized spacial score (nSPS) is 16.5. The molecular formula is C25H27N9O12S2. The Morgan fingerprint density at radius 3 is 2.52 bits per heavy atom. The molecule has 0 radical (unpaired) electrons. The third-order valence-electron chi connectivity index (χ3n) is 6.60. The molecule has 3 aromatic rings. The zero-order chi connectivity index (χ0) is 35.6. The van der Waals surface area contributed by atoms with Gasteiger partial charge in [-0.25, -0.2) is 19.1 Å². The van der Waals surface area contributed by atoms with Crippen LogP contribution in [0.25, 0.3) is 0 Å². The number of oxime groups is 1. The number of nitrogen functional groups attached to an aromatic ring is 1. The molecule has 0 aromatic carbocycles. The molecule has 256 valence electrons. The number of thiazole rings is 1. The van der Waals surface area contributed by atoms with Crippen molar-refractivity contribution in [2.75, 3.05) is 17.6 Å². The van der Waals surface area contributed by atoms with Crippen molar-refractivity contribution in [3.63, 3.8) is 0 Å². The number of pyridine rings is 2. The van der Waals surface area contributed by atoms with E-state index in [1.165, 1.54) is 17.5 Å². The number of nitrogens with two attached hydrogens (primary N) is 1. The minimum Gasteiger partial charge on any atom is -0.503 e. The summed E-state index contributed by atoms with van der Waals surface area (Å²) in [5, 5.41) is 40.8. The molecule has 48 heavy (non-hydrogen) atoms. The highest BCUT2D eigenvalue weighted by Gasteiger charge is 2.54. The van der Waals surface area contributed by atoms with Crippen molar-refractivity contribution in [1.82, 2.24) is 29.6 Å². The second-order valence-electron chi connectivity index (χ2n) is 10.4. The number of nitrogens with zero attached hydrogens (tertiary/aromatic N) is 5. The van der Waals surface area contributed by atoms with Gasteiger partial charge in [-0.05, 0) is 26.0 Å². The van der Waals surface area contributed by atoms with Crippen LogP contribution < -0.4 is 27.1 Å². The van der Waals surface area contributed by atoms with E-state index in [1.807, 2.05) is 0 Å². The van der Waals surface area contributed by atoms with Gasteiger partial charge in [0.1, 0.15) is 17.6 Å². The van der Waals surface area contributed by atoms with Gasteiger partial charge in [0, 0.05) is 24.2 Å². The van der Waals surface area contributed by atoms with Crippen molar-refractivity contribution in [2.24, 2.45) is 5.16 Å². The monoisotopic (exact) mass is 709 g/mol. The maximum absolute atomic E-state index is 13.2. The second kappa shape index (κ2) is 13.5. The maximum Gasteiger partial charge on any atom is 0.362 e. The van der Waals surface area contributed by atoms with Crippen LogP contribution in [0.3, 0.4) is 0 Å². The first-order chi connectivity index (χ1) is 22.4. The van der Waals surface area contributed by atoms with E-state index >= 15 is 0 Å². The fourth-order valence-corrected chi connectivity index (χ4v) is 5.40. The smallest absolute Gasteiger partial charge is 0.362 e. The molecule has 1 saturated heterocycles. The lowest BCUT2D eigenvalue weighted by Crippen LogP contribution is -2.74. The van der Waals surface area contributed by atoms with Gasteiger partial charge in [0.2, 0.25) is 11.0 Å². The van der Waals surface area contributed by atoms with Crippen molar-refractivity contribution in [3.05, 3.63) is 63.1 Å². The van der Waals surface area contributed by atoms with Gasteiger partial charge in [-0.15, -0.1) is 11.3 Å². The number of hydrogen-bond donors (Lipinski definition) is 8. The first kappa shape index (κ1) is 35.1. The minimum atomic E-state index is -5.08. The number of carbonyl (C=O) groups excluding carboxylic acids is 3. The quantitative estimate of drug-likeness (QED) is 0.0324. The Bertz CT molecular complexity index is 1960. The summed E-state index contributed by atoms with van der Waals surface area (Å²) in [6.07, 6.45) is 1.90. The van der Waals surface area contributed by atoms with Crippen LogP contribution in [-0.4, -0.2) is 101 Å². The predicted molar refractivity (Wildman–Crippen MR) is 163 cm³/mol. The van der Waals surface area contributed by atoms with Crippen molar-refractivity contribution in [2.45, 2.75) is 38.1 Å². The number of carboxylic acids is 1. The molecule has 23 heteroatoms. The lowest BCUT2D eigenvalue weighted by atomic mass is 9.98. The Kier molecular flexibility index (Phi) is 9.86. The van der Waals surface area contributed by atoms with Gasteiger partial charge in [-0.2, -0.15) is 13.1 Å². The van der Waals surface area contributed by atoms with E-state index < -0.39 is 75.1 Å². The number of aliphatic carboxylic acids is 1. The van der Waals surface area contributed by atoms with Crippen LogP contribution in [0.1, 0.15) is 35.6 Å². The molecule has 21 nitrogen and oxygen atoms in total. The largest absolute Gasteiger partial charge is 0.503 e. The Balaban J connectivity index is 1.45. The standard InChI is InChI=1S/C25H27N9O12S2/c1-25(2,23(40)41)46-32-18(13-10-47-24(26)30-13)21(38)31-19-14(34(22(19)39)48(43,44)45)8-28-17-4-3-11(6-27-17)20(37)29-7-12-5-15(35)16(36)9-33(12)42/h3-6,9-10,14,19,36,42H,7-8H2,1-2H3,(H2,26,30)(H,27,28)(H,29,37)(H,31,38)(H,40,41)(H,43,44,45)/t14-,19+/m1/s1. The van der Waals surface area contributed by atoms with Gasteiger partial charge >= 0.3 is 16.3 Å². The molecule has 9 N–H and O–H groups in total. The van der Waals surface area contributed by atoms with Crippen LogP contribution >= 0.6 is 11.3 Å². The Hall–Kier alpha value is -5.81. The number of aromatic nitrogens is 3. The average molecular weight is 710 g/mol. The Morgan fingerprint density at radius 1 is 1.23 bits per heavy atom. The fourth-order valence-electron chi connectivity index (χ4n) is 3.97. The summed E-state index contributed by atoms with van der Waals surface area (Å²) in [6.45, 7) is 1.63. The van der Waals surface area contributed by atoms with Crippen molar-refractivity contribution < 1.29 is 52.4 Å². The molecule has 0 saturated carbocycles. The van der Waals surface area contributed by atoms with E-state index in [9.17, 15) is 52.4 Å². The van der Waals surface area contributed by atoms with E-state index in [-0.39, 0.29) is 38.8 Å². The molecule has 1 fully saturated rings. The van der Waals surface area contributed by atoms with Crippen LogP contribution in [0.4, 0.5) is 10.9 Å². The summed E-state index contributed by atoms with van der Waals surface area (Å²) in [5.74, 6) is -5.00. The lowest BCUT2D eigenvalue weighted by Gasteiger charge is -2.44. The summed E-state index contributed by atoms with van der Waals surface area (Å²) in [5.41, 5.74) is 2.29. The Labute approximate surface area is 273 Å². The second-order valence-corrected chi connectivity index (χ2v) is 12.6. The van der Waals surface area contributed by atoms with Gasteiger partial charge in [0.25, 0.3) is 17.7 Å². The minimum absolute atomic E-state index is 0.0202. The highest BCUT2D eigenvalue weighted by atomic mass is 32.2. The van der Waals surface area contributed by atoms with Crippen molar-refractivity contribution >= 4 is 62.0 Å². The summed E-state index contributed by atoms with van der Waals surface area (Å²) in [4.78, 5) is 74.5. The molecule has 3 aromatic heterocycles. The van der Waals surface area contributed by atoms with Gasteiger partial charge < -0.3 is 41.9 Å². The van der Waals surface area contributed by atoms with Gasteiger partial charge in [-0.1, -0.05) is 5.16 Å². The number of hydrogen-bond acceptors (Lipinski definition) is 16. The number of amides is 3. The summed E-state index contributed by atoms with van der Waals surface area (Å²) in [7, 11) is -5.08. The van der Waals surface area contributed by atoms with Crippen LogP contribution in [0.5, 0.6) is 5.75 Å². The molecule has 2 atom stereocenters. The number of nitrogens with one attached hydrogen (secondary N) is 3. The van der Waals surface area contributed by atoms with Crippen LogP contribution in [0.15, 0.2) is 45.9 Å². The zero-order valence-electron chi connectivity index (χ0n) is 24.7. The van der Waals surface area contributed by atoms with E-state index in [1.54, 1.807) is 0 Å². The van der Waals surface area contributed by atoms with E-state index in [0.29, 0.717) is 4.73 Å². The number of anilines is 2. The molecule has 0 aliphatic carbocycles. The van der Waals surface area contributed by atoms with Gasteiger partial charge in [0.05, 0.1) is 30.0 Å². The molecule has 1 aliphatic rings. The predicted octanol–water partition coefficient (Wildman–Crippen LogP) is -1.65. The molecule has 3 amide bonds. The van der Waals surface area contributed by atoms with E-state index in [0.717, 1.165) is 43.6 Å². The molecule has 0 unspecified atom stereocenters. The van der Waals surface area contributed by atoms with Gasteiger partial charge in [0.15, 0.2) is 16.6 Å². The van der Waals surface area contributed by atoms with Crippen LogP contribution in [0.2, 0.25) is 0 Å². The van der Waals surface area contributed by atoms with E-state index in [2.05, 4.69) is 31.1 Å². The number of rotatable bonds is 13. The number of carbonyl (C=O) groups is 4. The lowest BCUT2D eigenvalue weighted by molar-refractivity contribution is -0.161. The highest BCUT2D eigenvalue weighted by Crippen LogP contribution is 2.25. The summed E-state index contributed by atoms with van der Waals surface area (Å²) in [6, 6.07) is 0.617. The topological polar surface area (TPSA) is 318 Å². The third-order valence-corrected chi connectivity index (χ3v) is 8.22. The third kappa shape index (κ3) is 7.76. The molecule has 4 rings (SSSR count). The molecule has 0 spiro atoms. The number of carboxylic acid groups (broad SMARTS) is 1. The molecule has 1 aliphatic heterocycles. The molecule has 4 heterocycles. The van der Waals surface area contributed by atoms with Crippen LogP contribution in [0, 0.1) is 0 Å². The first-order valence-electron chi connectivity index (χ1n) is 13.3. The Morgan fingerprint density at radius 2 is 1.94 bits per heavy atom. The van der Waals surface area contributed by atoms with Crippen LogP contribution in [-0.2, 0) is 36.1 Å². The van der Waals surface area contributed by atoms with Crippen molar-refractivity contribution in [1.29, 1.82) is 0 Å². The SMILES string of the molecule is CC(C)(ON=C(C(=O)N[C@@H]1C(=O)N(S(=O)(=O)O)[C@@H]1CNc1ccc(C(=O)NCc2cc(=O)c(O)cn2O)cn1)c1csc(N)n1)C(=O)O. The fraction of sp³-hybridized carbons (Fsp3) is 0.280. The van der Waals surface area contributed by atoms with E-state index in [4.69, 9.17) is 10.6 Å². The first-order valence-corrected chi connectivity index (χ1v) is 15.6. The average Bonchev–Trinajstić information content (AvgIpc) is 3.43. The molecule has 0 bridgehead atoms.